The molecular formula is C19H34O8P2. The molecule has 0 saturated heterocycles. The molecule has 10 heteroatoms. The van der Waals surface area contributed by atoms with Gasteiger partial charge in [-0.25, -0.2) is 0 Å². The van der Waals surface area contributed by atoms with E-state index in [0.717, 1.165) is 6.42 Å². The van der Waals surface area contributed by atoms with Crippen molar-refractivity contribution in [1.82, 2.24) is 0 Å². The van der Waals surface area contributed by atoms with Gasteiger partial charge in [0.15, 0.2) is 0 Å². The summed E-state index contributed by atoms with van der Waals surface area (Å²) in [5.41, 5.74) is 0.0812. The molecule has 0 aliphatic heterocycles. The predicted molar refractivity (Wildman–Crippen MR) is 113 cm³/mol. The lowest BCUT2D eigenvalue weighted by Crippen LogP contribution is -2.41. The Kier molecular flexibility index (Phi) is 12.0. The minimum absolute atomic E-state index is 0.0586. The maximum absolute atomic E-state index is 9.78. The van der Waals surface area contributed by atoms with E-state index in [-0.39, 0.29) is 25.2 Å². The van der Waals surface area contributed by atoms with E-state index in [1.807, 2.05) is 24.3 Å². The molecule has 0 amide bonds. The first-order valence-electron chi connectivity index (χ1n) is 9.60. The fraction of sp³-hybridized carbons (Fsp3) is 0.684. The van der Waals surface area contributed by atoms with Gasteiger partial charge in [0.2, 0.25) is 0 Å². The molecule has 168 valence electrons. The van der Waals surface area contributed by atoms with Gasteiger partial charge in [-0.05, 0) is 29.5 Å². The monoisotopic (exact) mass is 452 g/mol. The van der Waals surface area contributed by atoms with Crippen molar-refractivity contribution in [2.45, 2.75) is 51.9 Å². The zero-order chi connectivity index (χ0) is 21.9. The molecule has 0 unspecified atom stereocenters. The molecule has 0 aromatic heterocycles. The fourth-order valence-corrected chi connectivity index (χ4v) is 3.63. The number of rotatable bonds is 15. The van der Waals surface area contributed by atoms with E-state index in [4.69, 9.17) is 33.4 Å². The van der Waals surface area contributed by atoms with E-state index in [2.05, 4.69) is 20.8 Å². The molecule has 0 heterocycles. The summed E-state index contributed by atoms with van der Waals surface area (Å²) in [6.45, 7) is 5.51. The van der Waals surface area contributed by atoms with Crippen LogP contribution >= 0.6 is 17.2 Å². The molecule has 1 aromatic rings. The Morgan fingerprint density at radius 2 is 1.41 bits per heavy atom. The van der Waals surface area contributed by atoms with Gasteiger partial charge >= 0.3 is 17.2 Å². The van der Waals surface area contributed by atoms with Crippen molar-refractivity contribution in [2.24, 2.45) is 5.41 Å². The molecule has 0 atom stereocenters. The van der Waals surface area contributed by atoms with Crippen molar-refractivity contribution >= 4 is 17.2 Å². The Labute approximate surface area is 175 Å². The molecule has 0 saturated carbocycles. The molecule has 0 aliphatic rings. The van der Waals surface area contributed by atoms with Crippen molar-refractivity contribution in [3.63, 3.8) is 0 Å². The SMILES string of the molecule is CCCCCC(C)(C)c1ccc(OCC(CO)(COP(O)O)COP(O)O)cc1. The van der Waals surface area contributed by atoms with Crippen molar-refractivity contribution in [1.29, 1.82) is 0 Å². The largest absolute Gasteiger partial charge is 0.493 e. The van der Waals surface area contributed by atoms with Crippen molar-refractivity contribution in [2.75, 3.05) is 26.4 Å². The highest BCUT2D eigenvalue weighted by atomic mass is 31.2. The molecule has 0 spiro atoms. The van der Waals surface area contributed by atoms with Crippen LogP contribution in [0.15, 0.2) is 24.3 Å². The average Bonchev–Trinajstić information content (AvgIpc) is 2.68. The number of aliphatic hydroxyl groups excluding tert-OH is 1. The number of aliphatic hydroxyl groups is 1. The maximum Gasteiger partial charge on any atom is 0.327 e. The first-order chi connectivity index (χ1) is 13.6. The number of ether oxygens (including phenoxy) is 1. The first-order valence-corrected chi connectivity index (χ1v) is 11.9. The minimum atomic E-state index is -2.63. The van der Waals surface area contributed by atoms with Crippen LogP contribution in [0.5, 0.6) is 5.75 Å². The molecule has 0 bridgehead atoms. The molecular weight excluding hydrogens is 418 g/mol. The minimum Gasteiger partial charge on any atom is -0.493 e. The van der Waals surface area contributed by atoms with Crippen LogP contribution in [-0.2, 0) is 14.5 Å². The fourth-order valence-electron chi connectivity index (χ4n) is 2.85. The highest BCUT2D eigenvalue weighted by molar-refractivity contribution is 7.39. The first kappa shape index (κ1) is 26.6. The highest BCUT2D eigenvalue weighted by Crippen LogP contribution is 2.35. The smallest absolute Gasteiger partial charge is 0.327 e. The predicted octanol–water partition coefficient (Wildman–Crippen LogP) is 3.36. The third kappa shape index (κ3) is 9.97. The second kappa shape index (κ2) is 13.1. The van der Waals surface area contributed by atoms with Gasteiger partial charge in [0.05, 0.1) is 25.2 Å². The number of benzene rings is 1. The van der Waals surface area contributed by atoms with Gasteiger partial charge in [-0.1, -0.05) is 52.2 Å². The van der Waals surface area contributed by atoms with E-state index >= 15 is 0 Å². The Balaban J connectivity index is 2.77. The van der Waals surface area contributed by atoms with Crippen LogP contribution < -0.4 is 4.74 Å². The molecule has 29 heavy (non-hydrogen) atoms. The lowest BCUT2D eigenvalue weighted by atomic mass is 9.80. The summed E-state index contributed by atoms with van der Waals surface area (Å²) in [6.07, 6.45) is 4.68. The summed E-state index contributed by atoms with van der Waals surface area (Å²) in [7, 11) is -5.26. The van der Waals surface area contributed by atoms with E-state index < -0.39 is 29.2 Å². The summed E-state index contributed by atoms with van der Waals surface area (Å²) in [5, 5.41) is 9.78. The van der Waals surface area contributed by atoms with Crippen LogP contribution in [0, 0.1) is 5.41 Å². The summed E-state index contributed by atoms with van der Waals surface area (Å²) in [6, 6.07) is 7.71. The molecule has 1 aromatic carbocycles. The third-order valence-electron chi connectivity index (χ3n) is 4.89. The van der Waals surface area contributed by atoms with E-state index in [0.29, 0.717) is 5.75 Å². The van der Waals surface area contributed by atoms with E-state index in [1.54, 1.807) is 0 Å². The van der Waals surface area contributed by atoms with Gasteiger partial charge in [0, 0.05) is 0 Å². The second-order valence-electron chi connectivity index (χ2n) is 7.86. The van der Waals surface area contributed by atoms with Gasteiger partial charge < -0.3 is 38.5 Å². The number of unbranched alkanes of at least 4 members (excludes halogenated alkanes) is 2. The van der Waals surface area contributed by atoms with Crippen molar-refractivity contribution < 1.29 is 38.5 Å². The lowest BCUT2D eigenvalue weighted by molar-refractivity contribution is -0.0162. The number of hydrogen-bond acceptors (Lipinski definition) is 8. The van der Waals surface area contributed by atoms with E-state index in [9.17, 15) is 5.11 Å². The van der Waals surface area contributed by atoms with Crippen LogP contribution in [0.4, 0.5) is 0 Å². The summed E-state index contributed by atoms with van der Waals surface area (Å²) >= 11 is 0. The average molecular weight is 452 g/mol. The van der Waals surface area contributed by atoms with Gasteiger partial charge in [-0.2, -0.15) is 0 Å². The Morgan fingerprint density at radius 3 is 1.86 bits per heavy atom. The normalized spacial score (nSPS) is 12.8. The topological polar surface area (TPSA) is 129 Å². The quantitative estimate of drug-likeness (QED) is 0.202. The van der Waals surface area contributed by atoms with Crippen LogP contribution in [0.25, 0.3) is 0 Å². The van der Waals surface area contributed by atoms with E-state index in [1.165, 1.54) is 24.8 Å². The van der Waals surface area contributed by atoms with Gasteiger partial charge in [-0.15, -0.1) is 0 Å². The van der Waals surface area contributed by atoms with Crippen LogP contribution in [-0.4, -0.2) is 51.1 Å². The Morgan fingerprint density at radius 1 is 0.862 bits per heavy atom. The lowest BCUT2D eigenvalue weighted by Gasteiger charge is -2.31. The van der Waals surface area contributed by atoms with Crippen LogP contribution in [0.3, 0.4) is 0 Å². The zero-order valence-electron chi connectivity index (χ0n) is 17.3. The molecule has 0 aliphatic carbocycles. The van der Waals surface area contributed by atoms with Gasteiger partial charge in [0.25, 0.3) is 0 Å². The standard InChI is InChI=1S/C19H34O8P2/c1-4-5-6-11-18(2,3)16-7-9-17(10-8-16)25-13-19(12-20,14-26-28(21)22)15-27-29(23)24/h7-10,20-24H,4-6,11-15H2,1-3H3. The molecule has 0 fully saturated rings. The third-order valence-corrected chi connectivity index (χ3v) is 5.61. The Bertz CT molecular complexity index is 554. The second-order valence-corrected chi connectivity index (χ2v) is 9.39. The Hall–Kier alpha value is -0.400. The zero-order valence-corrected chi connectivity index (χ0v) is 19.1. The van der Waals surface area contributed by atoms with Gasteiger partial charge in [0.1, 0.15) is 12.4 Å². The maximum atomic E-state index is 9.78. The summed E-state index contributed by atoms with van der Waals surface area (Å²) in [4.78, 5) is 36.0. The van der Waals surface area contributed by atoms with Crippen LogP contribution in [0.2, 0.25) is 0 Å². The van der Waals surface area contributed by atoms with Crippen molar-refractivity contribution in [3.05, 3.63) is 29.8 Å². The summed E-state index contributed by atoms with van der Waals surface area (Å²) < 4.78 is 15.4. The van der Waals surface area contributed by atoms with Crippen LogP contribution in [0.1, 0.15) is 52.0 Å². The molecule has 0 radical (unpaired) electrons. The summed E-state index contributed by atoms with van der Waals surface area (Å²) in [5.74, 6) is 0.571. The molecule has 1 rings (SSSR count). The molecule has 5 N–H and O–H groups in total. The number of hydrogen-bond donors (Lipinski definition) is 5. The van der Waals surface area contributed by atoms with Crippen molar-refractivity contribution in [3.8, 4) is 5.75 Å². The molecule has 8 nitrogen and oxygen atoms in total. The van der Waals surface area contributed by atoms with Gasteiger partial charge in [-0.3, -0.25) is 0 Å². The highest BCUT2D eigenvalue weighted by Gasteiger charge is 2.34.